The summed E-state index contributed by atoms with van der Waals surface area (Å²) in [5, 5.41) is 7.65. The lowest BCUT2D eigenvalue weighted by Gasteiger charge is -2.31. The van der Waals surface area contributed by atoms with Gasteiger partial charge < -0.3 is 34.9 Å². The lowest BCUT2D eigenvalue weighted by atomic mass is 10.1. The summed E-state index contributed by atoms with van der Waals surface area (Å²) in [5.41, 5.74) is -0.523. The van der Waals surface area contributed by atoms with Crippen LogP contribution in [0.5, 0.6) is 0 Å². The van der Waals surface area contributed by atoms with Gasteiger partial charge in [-0.15, -0.1) is 0 Å². The number of alkyl carbamates (subject to hydrolysis) is 2. The number of amides is 3. The molecule has 37 heavy (non-hydrogen) atoms. The van der Waals surface area contributed by atoms with E-state index >= 15 is 0 Å². The quantitative estimate of drug-likeness (QED) is 0.297. The highest BCUT2D eigenvalue weighted by molar-refractivity contribution is 5.90. The average Bonchev–Trinajstić information content (AvgIpc) is 2.78. The van der Waals surface area contributed by atoms with Gasteiger partial charge in [-0.1, -0.05) is 30.3 Å². The normalized spacial score (nSPS) is 13.9. The van der Waals surface area contributed by atoms with Crippen molar-refractivity contribution in [3.05, 3.63) is 35.9 Å². The van der Waals surface area contributed by atoms with E-state index in [1.54, 1.807) is 39.8 Å². The Labute approximate surface area is 218 Å². The molecule has 1 aromatic carbocycles. The summed E-state index contributed by atoms with van der Waals surface area (Å²) in [7, 11) is 1.19. The Morgan fingerprint density at radius 3 is 2.05 bits per heavy atom. The van der Waals surface area contributed by atoms with Crippen LogP contribution >= 0.6 is 0 Å². The molecule has 3 atom stereocenters. The van der Waals surface area contributed by atoms with Crippen molar-refractivity contribution >= 4 is 24.1 Å². The minimum Gasteiger partial charge on any atom is -0.467 e. The maximum Gasteiger partial charge on any atom is 0.408 e. The first-order valence-corrected chi connectivity index (χ1v) is 12.1. The van der Waals surface area contributed by atoms with Gasteiger partial charge in [0.05, 0.1) is 18.8 Å². The topological polar surface area (TPSA) is 141 Å². The number of hydrogen-bond acceptors (Lipinski definition) is 8. The largest absolute Gasteiger partial charge is 0.467 e. The van der Waals surface area contributed by atoms with E-state index in [1.165, 1.54) is 7.11 Å². The Kier molecular flexibility index (Phi) is 12.3. The first-order valence-electron chi connectivity index (χ1n) is 12.1. The third-order valence-corrected chi connectivity index (χ3v) is 4.68. The van der Waals surface area contributed by atoms with Crippen LogP contribution in [-0.4, -0.2) is 67.1 Å². The summed E-state index contributed by atoms with van der Waals surface area (Å²) in [5.74, 6) is -1.39. The van der Waals surface area contributed by atoms with Crippen molar-refractivity contribution in [2.24, 2.45) is 0 Å². The highest BCUT2D eigenvalue weighted by Gasteiger charge is 2.34. The minimum atomic E-state index is -1.19. The van der Waals surface area contributed by atoms with Gasteiger partial charge in [0, 0.05) is 6.54 Å². The van der Waals surface area contributed by atoms with E-state index < -0.39 is 53.5 Å². The van der Waals surface area contributed by atoms with Gasteiger partial charge >= 0.3 is 18.2 Å². The summed E-state index contributed by atoms with van der Waals surface area (Å²) in [6.07, 6.45) is -2.23. The number of benzene rings is 1. The fourth-order valence-corrected chi connectivity index (χ4v) is 3.20. The highest BCUT2D eigenvalue weighted by Crippen LogP contribution is 2.14. The van der Waals surface area contributed by atoms with E-state index in [9.17, 15) is 19.2 Å². The summed E-state index contributed by atoms with van der Waals surface area (Å²) < 4.78 is 21.1. The molecule has 0 aliphatic rings. The zero-order valence-electron chi connectivity index (χ0n) is 23.0. The minimum absolute atomic E-state index is 0.0106. The molecule has 0 spiro atoms. The van der Waals surface area contributed by atoms with Gasteiger partial charge in [-0.3, -0.25) is 4.79 Å². The standard InChI is InChI=1S/C26H41N3O8/c1-17(36-25(2,3)4)20(29-24(33)35-16-18-12-10-9-11-13-18)21(30)28-19(22(31)34-8)14-15-27-23(32)37-26(5,6)7/h9-13,17,19-20H,14-16H2,1-8H3,(H,27,32)(H,28,30)(H,29,33). The van der Waals surface area contributed by atoms with Crippen LogP contribution in [0.3, 0.4) is 0 Å². The number of rotatable bonds is 11. The number of nitrogens with one attached hydrogen (secondary N) is 3. The second-order valence-corrected chi connectivity index (χ2v) is 10.4. The fourth-order valence-electron chi connectivity index (χ4n) is 3.20. The average molecular weight is 524 g/mol. The van der Waals surface area contributed by atoms with Crippen LogP contribution in [0.4, 0.5) is 9.59 Å². The molecular weight excluding hydrogens is 482 g/mol. The molecule has 0 bridgehead atoms. The van der Waals surface area contributed by atoms with Crippen LogP contribution < -0.4 is 16.0 Å². The Hall–Kier alpha value is -3.34. The van der Waals surface area contributed by atoms with E-state index in [2.05, 4.69) is 16.0 Å². The molecule has 11 heteroatoms. The van der Waals surface area contributed by atoms with Crippen molar-refractivity contribution in [1.29, 1.82) is 0 Å². The van der Waals surface area contributed by atoms with Crippen LogP contribution in [0.1, 0.15) is 60.5 Å². The molecule has 0 aliphatic heterocycles. The molecule has 3 amide bonds. The Balaban J connectivity index is 2.89. The van der Waals surface area contributed by atoms with Gasteiger partial charge in [-0.05, 0) is 60.5 Å². The maximum atomic E-state index is 13.2. The lowest BCUT2D eigenvalue weighted by molar-refractivity contribution is -0.146. The van der Waals surface area contributed by atoms with Crippen molar-refractivity contribution in [3.63, 3.8) is 0 Å². The SMILES string of the molecule is COC(=O)C(CCNC(=O)OC(C)(C)C)NC(=O)C(NC(=O)OCc1ccccc1)C(C)OC(C)(C)C. The lowest BCUT2D eigenvalue weighted by Crippen LogP contribution is -2.57. The molecule has 1 rings (SSSR count). The second kappa shape index (κ2) is 14.4. The number of methoxy groups -OCH3 is 1. The van der Waals surface area contributed by atoms with Crippen LogP contribution in [0.15, 0.2) is 30.3 Å². The molecule has 1 aromatic rings. The van der Waals surface area contributed by atoms with E-state index in [1.807, 2.05) is 39.0 Å². The van der Waals surface area contributed by atoms with Gasteiger partial charge in [0.25, 0.3) is 0 Å². The van der Waals surface area contributed by atoms with Crippen molar-refractivity contribution < 1.29 is 38.1 Å². The monoisotopic (exact) mass is 523 g/mol. The predicted molar refractivity (Wildman–Crippen MR) is 137 cm³/mol. The van der Waals surface area contributed by atoms with Crippen LogP contribution in [0, 0.1) is 0 Å². The van der Waals surface area contributed by atoms with Gasteiger partial charge in [0.2, 0.25) is 5.91 Å². The van der Waals surface area contributed by atoms with Crippen LogP contribution in [-0.2, 0) is 35.1 Å². The molecule has 0 aliphatic carbocycles. The number of carbonyl (C=O) groups excluding carboxylic acids is 4. The summed E-state index contributed by atoms with van der Waals surface area (Å²) in [6.45, 7) is 12.3. The molecule has 0 fully saturated rings. The van der Waals surface area contributed by atoms with Crippen LogP contribution in [0.2, 0.25) is 0 Å². The number of ether oxygens (including phenoxy) is 4. The molecule has 0 saturated heterocycles. The van der Waals surface area contributed by atoms with E-state index in [0.29, 0.717) is 0 Å². The molecule has 208 valence electrons. The summed E-state index contributed by atoms with van der Waals surface area (Å²) in [4.78, 5) is 50.0. The molecule has 3 unspecified atom stereocenters. The van der Waals surface area contributed by atoms with Gasteiger partial charge in [-0.25, -0.2) is 14.4 Å². The predicted octanol–water partition coefficient (Wildman–Crippen LogP) is 3.06. The van der Waals surface area contributed by atoms with E-state index in [4.69, 9.17) is 18.9 Å². The molecule has 3 N–H and O–H groups in total. The second-order valence-electron chi connectivity index (χ2n) is 10.4. The van der Waals surface area contributed by atoms with Crippen molar-refractivity contribution in [1.82, 2.24) is 16.0 Å². The molecule has 0 aromatic heterocycles. The van der Waals surface area contributed by atoms with E-state index in [-0.39, 0.29) is 19.6 Å². The van der Waals surface area contributed by atoms with Crippen molar-refractivity contribution in [2.45, 2.75) is 90.9 Å². The van der Waals surface area contributed by atoms with Crippen molar-refractivity contribution in [2.75, 3.05) is 13.7 Å². The Morgan fingerprint density at radius 1 is 0.892 bits per heavy atom. The Morgan fingerprint density at radius 2 is 1.51 bits per heavy atom. The zero-order valence-corrected chi connectivity index (χ0v) is 23.0. The summed E-state index contributed by atoms with van der Waals surface area (Å²) in [6, 6.07) is 6.79. The maximum absolute atomic E-state index is 13.2. The number of esters is 1. The molecule has 11 nitrogen and oxygen atoms in total. The smallest absolute Gasteiger partial charge is 0.408 e. The van der Waals surface area contributed by atoms with E-state index in [0.717, 1.165) is 5.56 Å². The molecule has 0 saturated carbocycles. The third-order valence-electron chi connectivity index (χ3n) is 4.68. The molecule has 0 heterocycles. The molecule has 0 radical (unpaired) electrons. The zero-order chi connectivity index (χ0) is 28.2. The first kappa shape index (κ1) is 31.7. The first-order chi connectivity index (χ1) is 17.1. The number of carbonyl (C=O) groups is 4. The van der Waals surface area contributed by atoms with Gasteiger partial charge in [0.15, 0.2) is 0 Å². The highest BCUT2D eigenvalue weighted by atomic mass is 16.6. The third kappa shape index (κ3) is 13.5. The fraction of sp³-hybridized carbons (Fsp3) is 0.615. The number of hydrogen-bond donors (Lipinski definition) is 3. The Bertz CT molecular complexity index is 893. The van der Waals surface area contributed by atoms with Crippen molar-refractivity contribution in [3.8, 4) is 0 Å². The molecular formula is C26H41N3O8. The summed E-state index contributed by atoms with van der Waals surface area (Å²) >= 11 is 0. The van der Waals surface area contributed by atoms with Gasteiger partial charge in [-0.2, -0.15) is 0 Å². The van der Waals surface area contributed by atoms with Gasteiger partial charge in [0.1, 0.15) is 24.3 Å². The van der Waals surface area contributed by atoms with Crippen LogP contribution in [0.25, 0.3) is 0 Å².